The number of anilines is 1. The standard InChI is InChI=1S/C16H27N3O/c1-7-11-17-14-10-8-9-13(18-14)15(20)19(6)12(2)16(3,4)5/h8-10,12H,7,11H2,1-6H3,(H,17,18). The lowest BCUT2D eigenvalue weighted by Gasteiger charge is -2.35. The van der Waals surface area contributed by atoms with Crippen LogP contribution in [0.3, 0.4) is 0 Å². The monoisotopic (exact) mass is 277 g/mol. The van der Waals surface area contributed by atoms with Crippen LogP contribution < -0.4 is 5.32 Å². The average molecular weight is 277 g/mol. The SMILES string of the molecule is CCCNc1cccc(C(=O)N(C)C(C)C(C)(C)C)n1. The van der Waals surface area contributed by atoms with Gasteiger partial charge >= 0.3 is 0 Å². The summed E-state index contributed by atoms with van der Waals surface area (Å²) in [5.41, 5.74) is 0.535. The number of aromatic nitrogens is 1. The van der Waals surface area contributed by atoms with Crippen molar-refractivity contribution in [2.45, 2.75) is 47.1 Å². The summed E-state index contributed by atoms with van der Waals surface area (Å²) in [4.78, 5) is 18.7. The molecule has 112 valence electrons. The van der Waals surface area contributed by atoms with Gasteiger partial charge in [-0.15, -0.1) is 0 Å². The van der Waals surface area contributed by atoms with E-state index in [4.69, 9.17) is 0 Å². The fourth-order valence-electron chi connectivity index (χ4n) is 1.84. The molecule has 0 aromatic carbocycles. The Kier molecular flexibility index (Phi) is 5.54. The lowest BCUT2D eigenvalue weighted by molar-refractivity contribution is 0.0623. The number of carbonyl (C=O) groups excluding carboxylic acids is 1. The van der Waals surface area contributed by atoms with Gasteiger partial charge in [-0.1, -0.05) is 33.8 Å². The molecule has 4 heteroatoms. The van der Waals surface area contributed by atoms with Gasteiger partial charge in [-0.2, -0.15) is 0 Å². The van der Waals surface area contributed by atoms with E-state index in [1.807, 2.05) is 19.2 Å². The van der Waals surface area contributed by atoms with Crippen molar-refractivity contribution in [2.75, 3.05) is 18.9 Å². The van der Waals surface area contributed by atoms with E-state index in [-0.39, 0.29) is 17.4 Å². The Labute approximate surface area is 122 Å². The number of rotatable bonds is 5. The lowest BCUT2D eigenvalue weighted by atomic mass is 9.87. The van der Waals surface area contributed by atoms with E-state index in [2.05, 4.69) is 44.9 Å². The van der Waals surface area contributed by atoms with Crippen LogP contribution in [0.1, 0.15) is 51.5 Å². The maximum absolute atomic E-state index is 12.5. The zero-order valence-electron chi connectivity index (χ0n) is 13.5. The molecule has 1 rings (SSSR count). The van der Waals surface area contributed by atoms with Crippen molar-refractivity contribution in [1.29, 1.82) is 0 Å². The first-order chi connectivity index (χ1) is 9.27. The molecule has 1 atom stereocenters. The zero-order valence-corrected chi connectivity index (χ0v) is 13.5. The molecule has 0 aliphatic heterocycles. The van der Waals surface area contributed by atoms with Crippen LogP contribution in [-0.4, -0.2) is 35.4 Å². The third kappa shape index (κ3) is 4.22. The second-order valence-corrected chi connectivity index (χ2v) is 6.29. The van der Waals surface area contributed by atoms with E-state index >= 15 is 0 Å². The van der Waals surface area contributed by atoms with Crippen LogP contribution >= 0.6 is 0 Å². The minimum atomic E-state index is -0.0347. The number of hydrogen-bond acceptors (Lipinski definition) is 3. The molecule has 1 heterocycles. The molecule has 0 bridgehead atoms. The van der Waals surface area contributed by atoms with Crippen LogP contribution in [0.5, 0.6) is 0 Å². The molecule has 1 amide bonds. The summed E-state index contributed by atoms with van der Waals surface area (Å²) in [6.07, 6.45) is 1.03. The maximum Gasteiger partial charge on any atom is 0.272 e. The minimum Gasteiger partial charge on any atom is -0.370 e. The van der Waals surface area contributed by atoms with Crippen molar-refractivity contribution in [3.63, 3.8) is 0 Å². The number of nitrogens with one attached hydrogen (secondary N) is 1. The van der Waals surface area contributed by atoms with Crippen LogP contribution in [-0.2, 0) is 0 Å². The molecule has 1 aromatic rings. The van der Waals surface area contributed by atoms with E-state index in [0.717, 1.165) is 18.8 Å². The molecule has 1 N–H and O–H groups in total. The fraction of sp³-hybridized carbons (Fsp3) is 0.625. The normalized spacial score (nSPS) is 12.9. The summed E-state index contributed by atoms with van der Waals surface area (Å²) in [5, 5.41) is 3.21. The summed E-state index contributed by atoms with van der Waals surface area (Å²) in [7, 11) is 1.84. The first-order valence-corrected chi connectivity index (χ1v) is 7.25. The van der Waals surface area contributed by atoms with Gasteiger partial charge in [-0.25, -0.2) is 4.98 Å². The van der Waals surface area contributed by atoms with Gasteiger partial charge in [0.05, 0.1) is 0 Å². The highest BCUT2D eigenvalue weighted by Crippen LogP contribution is 2.24. The Morgan fingerprint density at radius 1 is 1.40 bits per heavy atom. The second-order valence-electron chi connectivity index (χ2n) is 6.29. The highest BCUT2D eigenvalue weighted by atomic mass is 16.2. The van der Waals surface area contributed by atoms with Crippen molar-refractivity contribution < 1.29 is 4.79 Å². The van der Waals surface area contributed by atoms with Crippen LogP contribution in [0.15, 0.2) is 18.2 Å². The van der Waals surface area contributed by atoms with Crippen molar-refractivity contribution in [1.82, 2.24) is 9.88 Å². The fourth-order valence-corrected chi connectivity index (χ4v) is 1.84. The molecule has 20 heavy (non-hydrogen) atoms. The van der Waals surface area contributed by atoms with E-state index < -0.39 is 0 Å². The molecule has 0 aliphatic carbocycles. The molecular formula is C16H27N3O. The first kappa shape index (κ1) is 16.5. The van der Waals surface area contributed by atoms with Crippen LogP contribution in [0, 0.1) is 5.41 Å². The molecule has 0 radical (unpaired) electrons. The van der Waals surface area contributed by atoms with Gasteiger partial charge in [0.1, 0.15) is 11.5 Å². The molecule has 1 unspecified atom stereocenters. The Bertz CT molecular complexity index is 451. The Morgan fingerprint density at radius 2 is 2.05 bits per heavy atom. The Morgan fingerprint density at radius 3 is 2.60 bits per heavy atom. The maximum atomic E-state index is 12.5. The number of carbonyl (C=O) groups is 1. The van der Waals surface area contributed by atoms with Crippen molar-refractivity contribution in [2.24, 2.45) is 5.41 Å². The van der Waals surface area contributed by atoms with Gasteiger partial charge < -0.3 is 10.2 Å². The lowest BCUT2D eigenvalue weighted by Crippen LogP contribution is -2.43. The largest absolute Gasteiger partial charge is 0.370 e. The molecule has 1 aromatic heterocycles. The molecule has 0 fully saturated rings. The molecule has 0 spiro atoms. The van der Waals surface area contributed by atoms with Crippen molar-refractivity contribution in [3.8, 4) is 0 Å². The Balaban J connectivity index is 2.86. The highest BCUT2D eigenvalue weighted by molar-refractivity contribution is 5.92. The first-order valence-electron chi connectivity index (χ1n) is 7.25. The molecule has 0 saturated carbocycles. The van der Waals surface area contributed by atoms with Gasteiger partial charge in [0, 0.05) is 19.6 Å². The van der Waals surface area contributed by atoms with Gasteiger partial charge in [-0.05, 0) is 30.9 Å². The third-order valence-corrected chi connectivity index (χ3v) is 3.68. The van der Waals surface area contributed by atoms with Crippen LogP contribution in [0.4, 0.5) is 5.82 Å². The second kappa shape index (κ2) is 6.73. The van der Waals surface area contributed by atoms with E-state index in [9.17, 15) is 4.79 Å². The van der Waals surface area contributed by atoms with Gasteiger partial charge in [-0.3, -0.25) is 4.79 Å². The summed E-state index contributed by atoms with van der Waals surface area (Å²) < 4.78 is 0. The van der Waals surface area contributed by atoms with Gasteiger partial charge in [0.25, 0.3) is 5.91 Å². The average Bonchev–Trinajstić information content (AvgIpc) is 2.42. The number of pyridine rings is 1. The molecule has 0 aliphatic rings. The number of amides is 1. The summed E-state index contributed by atoms with van der Waals surface area (Å²) >= 11 is 0. The number of nitrogens with zero attached hydrogens (tertiary/aromatic N) is 2. The summed E-state index contributed by atoms with van der Waals surface area (Å²) in [6, 6.07) is 5.67. The predicted octanol–water partition coefficient (Wildman–Crippen LogP) is 3.41. The van der Waals surface area contributed by atoms with E-state index in [0.29, 0.717) is 5.69 Å². The molecule has 4 nitrogen and oxygen atoms in total. The topological polar surface area (TPSA) is 45.2 Å². The van der Waals surface area contributed by atoms with Crippen LogP contribution in [0.25, 0.3) is 0 Å². The summed E-state index contributed by atoms with van der Waals surface area (Å²) in [5.74, 6) is 0.724. The van der Waals surface area contributed by atoms with Crippen molar-refractivity contribution >= 4 is 11.7 Å². The molecule has 0 saturated heterocycles. The minimum absolute atomic E-state index is 0.0347. The van der Waals surface area contributed by atoms with Gasteiger partial charge in [0.15, 0.2) is 0 Å². The van der Waals surface area contributed by atoms with E-state index in [1.165, 1.54) is 0 Å². The summed E-state index contributed by atoms with van der Waals surface area (Å²) in [6.45, 7) is 11.4. The highest BCUT2D eigenvalue weighted by Gasteiger charge is 2.28. The zero-order chi connectivity index (χ0) is 15.3. The van der Waals surface area contributed by atoms with Crippen molar-refractivity contribution in [3.05, 3.63) is 23.9 Å². The molecular weight excluding hydrogens is 250 g/mol. The van der Waals surface area contributed by atoms with Gasteiger partial charge in [0.2, 0.25) is 0 Å². The quantitative estimate of drug-likeness (QED) is 0.897. The Hall–Kier alpha value is -1.58. The third-order valence-electron chi connectivity index (χ3n) is 3.68. The van der Waals surface area contributed by atoms with Crippen LogP contribution in [0.2, 0.25) is 0 Å². The van der Waals surface area contributed by atoms with E-state index in [1.54, 1.807) is 11.0 Å². The number of hydrogen-bond donors (Lipinski definition) is 1. The smallest absolute Gasteiger partial charge is 0.272 e. The predicted molar refractivity (Wildman–Crippen MR) is 84.0 cm³/mol.